The van der Waals surface area contributed by atoms with Crippen molar-refractivity contribution in [2.45, 2.75) is 31.4 Å². The third-order valence-electron chi connectivity index (χ3n) is 2.96. The second kappa shape index (κ2) is 8.68. The largest absolute Gasteiger partial charge is 0.452 e. The maximum Gasteiger partial charge on any atom is 0.294 e. The van der Waals surface area contributed by atoms with Crippen LogP contribution in [0.4, 0.5) is 0 Å². The zero-order valence-electron chi connectivity index (χ0n) is 11.1. The summed E-state index contributed by atoms with van der Waals surface area (Å²) in [5.74, 6) is -0.323. The van der Waals surface area contributed by atoms with Crippen molar-refractivity contribution in [3.63, 3.8) is 0 Å². The molecule has 1 unspecified atom stereocenters. The minimum absolute atomic E-state index is 0.254. The van der Waals surface area contributed by atoms with E-state index in [9.17, 15) is 9.59 Å². The Labute approximate surface area is 123 Å². The quantitative estimate of drug-likeness (QED) is 0.533. The Bertz CT molecular complexity index is 437. The molecule has 0 aliphatic heterocycles. The fourth-order valence-electron chi connectivity index (χ4n) is 1.85. The molecule has 0 bridgehead atoms. The molecule has 2 atom stereocenters. The molecule has 110 valence electrons. The number of halogens is 1. The van der Waals surface area contributed by atoms with Crippen LogP contribution in [0.2, 0.25) is 5.02 Å². The molecule has 1 rings (SSSR count). The molecule has 1 aromatic rings. The molecule has 4 N–H and O–H groups in total. The summed E-state index contributed by atoms with van der Waals surface area (Å²) >= 11 is 5.79. The maximum absolute atomic E-state index is 12.2. The fourth-order valence-corrected chi connectivity index (χ4v) is 1.97. The van der Waals surface area contributed by atoms with Crippen LogP contribution in [0, 0.1) is 0 Å². The Morgan fingerprint density at radius 2 is 1.95 bits per heavy atom. The van der Waals surface area contributed by atoms with Gasteiger partial charge in [0.1, 0.15) is 0 Å². The van der Waals surface area contributed by atoms with E-state index in [2.05, 4.69) is 0 Å². The van der Waals surface area contributed by atoms with Crippen LogP contribution in [-0.2, 0) is 14.3 Å². The number of hydrogen-bond donors (Lipinski definition) is 2. The van der Waals surface area contributed by atoms with Crippen molar-refractivity contribution in [2.75, 3.05) is 6.54 Å². The predicted octanol–water partition coefficient (Wildman–Crippen LogP) is 1.58. The lowest BCUT2D eigenvalue weighted by Crippen LogP contribution is -2.35. The molecule has 0 saturated carbocycles. The van der Waals surface area contributed by atoms with Gasteiger partial charge in [-0.15, -0.1) is 0 Å². The molecule has 0 amide bonds. The first-order valence-corrected chi connectivity index (χ1v) is 6.82. The first-order chi connectivity index (χ1) is 9.60. The normalized spacial score (nSPS) is 13.6. The SMILES string of the molecule is NCCCC[C@H](N)C(=O)C(OC=O)c1ccc(Cl)cc1. The summed E-state index contributed by atoms with van der Waals surface area (Å²) in [5, 5.41) is 0.540. The van der Waals surface area contributed by atoms with Gasteiger partial charge in [-0.25, -0.2) is 0 Å². The van der Waals surface area contributed by atoms with Crippen molar-refractivity contribution in [1.82, 2.24) is 0 Å². The Morgan fingerprint density at radius 1 is 1.30 bits per heavy atom. The van der Waals surface area contributed by atoms with Crippen LogP contribution in [0.5, 0.6) is 0 Å². The van der Waals surface area contributed by atoms with E-state index in [0.717, 1.165) is 12.8 Å². The molecule has 0 aromatic heterocycles. The summed E-state index contributed by atoms with van der Waals surface area (Å²) in [5.41, 5.74) is 11.8. The lowest BCUT2D eigenvalue weighted by Gasteiger charge is -2.18. The monoisotopic (exact) mass is 298 g/mol. The molecule has 0 saturated heterocycles. The number of ether oxygens (including phenoxy) is 1. The summed E-state index contributed by atoms with van der Waals surface area (Å²) in [7, 11) is 0. The summed E-state index contributed by atoms with van der Waals surface area (Å²) in [6.45, 7) is 0.816. The lowest BCUT2D eigenvalue weighted by molar-refractivity contribution is -0.145. The second-order valence-electron chi connectivity index (χ2n) is 4.46. The van der Waals surface area contributed by atoms with Gasteiger partial charge in [0.2, 0.25) is 0 Å². The number of benzene rings is 1. The smallest absolute Gasteiger partial charge is 0.294 e. The van der Waals surface area contributed by atoms with Crippen LogP contribution in [0.15, 0.2) is 24.3 Å². The average molecular weight is 299 g/mol. The number of carbonyl (C=O) groups excluding carboxylic acids is 2. The standard InChI is InChI=1S/C14H19ClN2O3/c15-11-6-4-10(5-7-11)14(20-9-18)13(19)12(17)3-1-2-8-16/h4-7,9,12,14H,1-3,8,16-17H2/t12-,14?/m0/s1. The molecular weight excluding hydrogens is 280 g/mol. The Hall–Kier alpha value is -1.43. The van der Waals surface area contributed by atoms with Crippen molar-refractivity contribution >= 4 is 23.9 Å². The average Bonchev–Trinajstić information content (AvgIpc) is 2.45. The van der Waals surface area contributed by atoms with Gasteiger partial charge in [0.05, 0.1) is 6.04 Å². The van der Waals surface area contributed by atoms with Crippen LogP contribution >= 0.6 is 11.6 Å². The van der Waals surface area contributed by atoms with Gasteiger partial charge in [0.25, 0.3) is 6.47 Å². The number of hydrogen-bond acceptors (Lipinski definition) is 5. The third-order valence-corrected chi connectivity index (χ3v) is 3.21. The molecule has 0 aliphatic rings. The van der Waals surface area contributed by atoms with E-state index in [4.69, 9.17) is 27.8 Å². The lowest BCUT2D eigenvalue weighted by atomic mass is 9.97. The number of nitrogens with two attached hydrogens (primary N) is 2. The van der Waals surface area contributed by atoms with Gasteiger partial charge in [-0.1, -0.05) is 30.2 Å². The first-order valence-electron chi connectivity index (χ1n) is 6.44. The fraction of sp³-hybridized carbons (Fsp3) is 0.429. The summed E-state index contributed by atoms with van der Waals surface area (Å²) < 4.78 is 4.88. The van der Waals surface area contributed by atoms with E-state index in [0.29, 0.717) is 23.6 Å². The van der Waals surface area contributed by atoms with Crippen molar-refractivity contribution in [3.05, 3.63) is 34.9 Å². The summed E-state index contributed by atoms with van der Waals surface area (Å²) in [6, 6.07) is 5.86. The van der Waals surface area contributed by atoms with Gasteiger partial charge >= 0.3 is 0 Å². The Balaban J connectivity index is 2.76. The third kappa shape index (κ3) is 4.92. The van der Waals surface area contributed by atoms with E-state index < -0.39 is 12.1 Å². The summed E-state index contributed by atoms with van der Waals surface area (Å²) in [6.07, 6.45) is 1.10. The summed E-state index contributed by atoms with van der Waals surface area (Å²) in [4.78, 5) is 22.8. The highest BCUT2D eigenvalue weighted by Gasteiger charge is 2.27. The molecular formula is C14H19ClN2O3. The van der Waals surface area contributed by atoms with Gasteiger partial charge in [0, 0.05) is 10.6 Å². The zero-order chi connectivity index (χ0) is 15.0. The highest BCUT2D eigenvalue weighted by molar-refractivity contribution is 6.30. The van der Waals surface area contributed by atoms with Gasteiger partial charge in [-0.05, 0) is 31.5 Å². The van der Waals surface area contributed by atoms with E-state index in [1.54, 1.807) is 24.3 Å². The van der Waals surface area contributed by atoms with Gasteiger partial charge < -0.3 is 16.2 Å². The van der Waals surface area contributed by atoms with Crippen LogP contribution in [0.25, 0.3) is 0 Å². The van der Waals surface area contributed by atoms with Gasteiger partial charge in [0.15, 0.2) is 11.9 Å². The molecule has 0 spiro atoms. The number of unbranched alkanes of at least 4 members (excludes halogenated alkanes) is 1. The van der Waals surface area contributed by atoms with Crippen LogP contribution in [-0.4, -0.2) is 24.8 Å². The van der Waals surface area contributed by atoms with Crippen molar-refractivity contribution < 1.29 is 14.3 Å². The molecule has 1 aromatic carbocycles. The molecule has 0 fully saturated rings. The van der Waals surface area contributed by atoms with Crippen LogP contribution in [0.3, 0.4) is 0 Å². The molecule has 0 radical (unpaired) electrons. The van der Waals surface area contributed by atoms with Crippen molar-refractivity contribution in [3.8, 4) is 0 Å². The minimum atomic E-state index is -0.988. The zero-order valence-corrected chi connectivity index (χ0v) is 11.9. The maximum atomic E-state index is 12.2. The highest BCUT2D eigenvalue weighted by Crippen LogP contribution is 2.22. The Morgan fingerprint density at radius 3 is 2.50 bits per heavy atom. The molecule has 20 heavy (non-hydrogen) atoms. The number of ketones is 1. The number of Topliss-reactive ketones (excluding diaryl/α,β-unsaturated/α-hetero) is 1. The van der Waals surface area contributed by atoms with E-state index in [-0.39, 0.29) is 12.3 Å². The van der Waals surface area contributed by atoms with E-state index in [1.807, 2.05) is 0 Å². The highest BCUT2D eigenvalue weighted by atomic mass is 35.5. The van der Waals surface area contributed by atoms with E-state index >= 15 is 0 Å². The number of rotatable bonds is 9. The predicted molar refractivity (Wildman–Crippen MR) is 77.2 cm³/mol. The van der Waals surface area contributed by atoms with Gasteiger partial charge in [-0.3, -0.25) is 9.59 Å². The first kappa shape index (κ1) is 16.6. The molecule has 0 aliphatic carbocycles. The van der Waals surface area contributed by atoms with Gasteiger partial charge in [-0.2, -0.15) is 0 Å². The molecule has 5 nitrogen and oxygen atoms in total. The second-order valence-corrected chi connectivity index (χ2v) is 4.89. The molecule has 6 heteroatoms. The van der Waals surface area contributed by atoms with Crippen LogP contribution < -0.4 is 11.5 Å². The Kier molecular flexibility index (Phi) is 7.22. The number of carbonyl (C=O) groups is 2. The van der Waals surface area contributed by atoms with E-state index in [1.165, 1.54) is 0 Å². The van der Waals surface area contributed by atoms with Crippen molar-refractivity contribution in [2.24, 2.45) is 11.5 Å². The molecule has 0 heterocycles. The van der Waals surface area contributed by atoms with Crippen molar-refractivity contribution in [1.29, 1.82) is 0 Å². The topological polar surface area (TPSA) is 95.4 Å². The minimum Gasteiger partial charge on any atom is -0.452 e. The van der Waals surface area contributed by atoms with Crippen LogP contribution in [0.1, 0.15) is 30.9 Å².